The Kier molecular flexibility index (Phi) is 3.60. The number of aryl methyl sites for hydroxylation is 1. The van der Waals surface area contributed by atoms with E-state index in [4.69, 9.17) is 0 Å². The van der Waals surface area contributed by atoms with Crippen molar-refractivity contribution in [1.82, 2.24) is 0 Å². The average molecular weight is 347 g/mol. The fourth-order valence-electron chi connectivity index (χ4n) is 2.42. The Morgan fingerprint density at radius 1 is 1.40 bits per heavy atom. The summed E-state index contributed by atoms with van der Waals surface area (Å²) in [4.78, 5) is 13.5. The van der Waals surface area contributed by atoms with Gasteiger partial charge in [0.2, 0.25) is 0 Å². The smallest absolute Gasteiger partial charge is 0.256 e. The highest BCUT2D eigenvalue weighted by molar-refractivity contribution is 9.10. The van der Waals surface area contributed by atoms with E-state index in [1.807, 2.05) is 12.1 Å². The molecule has 0 bridgehead atoms. The van der Waals surface area contributed by atoms with Gasteiger partial charge in [-0.2, -0.15) is 5.26 Å². The first-order valence-electron chi connectivity index (χ1n) is 6.30. The predicted molar refractivity (Wildman–Crippen MR) is 83.2 cm³/mol. The minimum Gasteiger partial charge on any atom is -0.312 e. The third-order valence-corrected chi connectivity index (χ3v) is 5.05. The van der Waals surface area contributed by atoms with Crippen molar-refractivity contribution >= 4 is 38.2 Å². The van der Waals surface area contributed by atoms with Gasteiger partial charge in [-0.05, 0) is 43.0 Å². The first-order chi connectivity index (χ1) is 9.69. The van der Waals surface area contributed by atoms with Crippen molar-refractivity contribution in [2.75, 3.05) is 5.32 Å². The summed E-state index contributed by atoms with van der Waals surface area (Å²) in [5.41, 5.74) is 2.35. The predicted octanol–water partition coefficient (Wildman–Crippen LogP) is 4.12. The minimum atomic E-state index is -0.178. The van der Waals surface area contributed by atoms with Crippen LogP contribution in [0.15, 0.2) is 28.7 Å². The molecule has 20 heavy (non-hydrogen) atoms. The molecule has 1 amide bonds. The number of carbonyl (C=O) groups is 1. The van der Waals surface area contributed by atoms with Gasteiger partial charge in [-0.3, -0.25) is 4.79 Å². The standard InChI is InChI=1S/C15H11BrN2OS/c16-10-4-1-3-9(7-10)14(19)18-15-12(8-17)11-5-2-6-13(11)20-15/h1,3-4,7H,2,5-6H2,(H,18,19). The number of nitrogens with one attached hydrogen (secondary N) is 1. The minimum absolute atomic E-state index is 0.178. The Morgan fingerprint density at radius 3 is 3.00 bits per heavy atom. The molecule has 3 nitrogen and oxygen atoms in total. The number of amides is 1. The SMILES string of the molecule is N#Cc1c(NC(=O)c2cccc(Br)c2)sc2c1CCC2. The van der Waals surface area contributed by atoms with Gasteiger partial charge in [-0.15, -0.1) is 11.3 Å². The van der Waals surface area contributed by atoms with Gasteiger partial charge >= 0.3 is 0 Å². The number of anilines is 1. The maximum atomic E-state index is 12.2. The van der Waals surface area contributed by atoms with Crippen molar-refractivity contribution in [3.05, 3.63) is 50.3 Å². The summed E-state index contributed by atoms with van der Waals surface area (Å²) >= 11 is 4.88. The molecule has 3 rings (SSSR count). The highest BCUT2D eigenvalue weighted by Gasteiger charge is 2.23. The van der Waals surface area contributed by atoms with E-state index in [0.717, 1.165) is 29.3 Å². The number of nitrogens with zero attached hydrogens (tertiary/aromatic N) is 1. The molecule has 0 spiro atoms. The van der Waals surface area contributed by atoms with Gasteiger partial charge in [0.25, 0.3) is 5.91 Å². The third-order valence-electron chi connectivity index (χ3n) is 3.35. The van der Waals surface area contributed by atoms with E-state index in [2.05, 4.69) is 27.3 Å². The van der Waals surface area contributed by atoms with Gasteiger partial charge in [0.05, 0.1) is 5.56 Å². The molecular weight excluding hydrogens is 336 g/mol. The molecule has 1 aliphatic carbocycles. The number of rotatable bonds is 2. The fourth-order valence-corrected chi connectivity index (χ4v) is 4.05. The van der Waals surface area contributed by atoms with Gasteiger partial charge < -0.3 is 5.32 Å². The lowest BCUT2D eigenvalue weighted by molar-refractivity contribution is 0.102. The van der Waals surface area contributed by atoms with E-state index >= 15 is 0 Å². The van der Waals surface area contributed by atoms with Crippen molar-refractivity contribution in [3.63, 3.8) is 0 Å². The zero-order valence-corrected chi connectivity index (χ0v) is 13.0. The second kappa shape index (κ2) is 5.39. The van der Waals surface area contributed by atoms with E-state index in [9.17, 15) is 10.1 Å². The van der Waals surface area contributed by atoms with Crippen LogP contribution in [0.3, 0.4) is 0 Å². The number of carbonyl (C=O) groups excluding carboxylic acids is 1. The summed E-state index contributed by atoms with van der Waals surface area (Å²) in [5, 5.41) is 12.9. The van der Waals surface area contributed by atoms with E-state index < -0.39 is 0 Å². The van der Waals surface area contributed by atoms with E-state index in [1.165, 1.54) is 16.2 Å². The van der Waals surface area contributed by atoms with Gasteiger partial charge in [-0.1, -0.05) is 22.0 Å². The summed E-state index contributed by atoms with van der Waals surface area (Å²) in [7, 11) is 0. The van der Waals surface area contributed by atoms with Gasteiger partial charge in [0.1, 0.15) is 11.1 Å². The molecule has 1 aromatic heterocycles. The Bertz CT molecular complexity index is 730. The van der Waals surface area contributed by atoms with Crippen LogP contribution < -0.4 is 5.32 Å². The third kappa shape index (κ3) is 2.37. The monoisotopic (exact) mass is 346 g/mol. The number of hydrogen-bond acceptors (Lipinski definition) is 3. The summed E-state index contributed by atoms with van der Waals surface area (Å²) in [6, 6.07) is 9.44. The van der Waals surface area contributed by atoms with Crippen molar-refractivity contribution < 1.29 is 4.79 Å². The lowest BCUT2D eigenvalue weighted by atomic mass is 10.1. The highest BCUT2D eigenvalue weighted by atomic mass is 79.9. The molecule has 1 heterocycles. The van der Waals surface area contributed by atoms with Crippen LogP contribution in [0.2, 0.25) is 0 Å². The number of thiophene rings is 1. The van der Waals surface area contributed by atoms with Gasteiger partial charge in [-0.25, -0.2) is 0 Å². The molecule has 1 aliphatic rings. The van der Waals surface area contributed by atoms with Crippen LogP contribution in [0.25, 0.3) is 0 Å². The Labute approximate surface area is 129 Å². The Hall–Kier alpha value is -1.64. The molecular formula is C15H11BrN2OS. The second-order valence-corrected chi connectivity index (χ2v) is 6.66. The zero-order valence-electron chi connectivity index (χ0n) is 10.6. The van der Waals surface area contributed by atoms with Crippen LogP contribution >= 0.6 is 27.3 Å². The molecule has 0 saturated carbocycles. The molecule has 1 N–H and O–H groups in total. The van der Waals surface area contributed by atoms with Crippen molar-refractivity contribution in [2.45, 2.75) is 19.3 Å². The number of nitriles is 1. The van der Waals surface area contributed by atoms with Crippen LogP contribution in [0.4, 0.5) is 5.00 Å². The van der Waals surface area contributed by atoms with Crippen molar-refractivity contribution in [1.29, 1.82) is 5.26 Å². The average Bonchev–Trinajstić information content (AvgIpc) is 2.98. The quantitative estimate of drug-likeness (QED) is 0.888. The molecule has 0 fully saturated rings. The summed E-state index contributed by atoms with van der Waals surface area (Å²) in [6.45, 7) is 0. The topological polar surface area (TPSA) is 52.9 Å². The number of fused-ring (bicyclic) bond motifs is 1. The molecule has 1 aromatic carbocycles. The molecule has 0 unspecified atom stereocenters. The summed E-state index contributed by atoms with van der Waals surface area (Å²) < 4.78 is 0.860. The van der Waals surface area contributed by atoms with Crippen LogP contribution in [0.5, 0.6) is 0 Å². The first-order valence-corrected chi connectivity index (χ1v) is 7.91. The van der Waals surface area contributed by atoms with E-state index in [-0.39, 0.29) is 5.91 Å². The summed E-state index contributed by atoms with van der Waals surface area (Å²) in [5.74, 6) is -0.178. The lowest BCUT2D eigenvalue weighted by Gasteiger charge is -2.04. The maximum absolute atomic E-state index is 12.2. The Morgan fingerprint density at radius 2 is 2.25 bits per heavy atom. The van der Waals surface area contributed by atoms with Crippen LogP contribution in [0, 0.1) is 11.3 Å². The second-order valence-electron chi connectivity index (χ2n) is 4.64. The van der Waals surface area contributed by atoms with Crippen molar-refractivity contribution in [3.8, 4) is 6.07 Å². The molecule has 5 heteroatoms. The number of hydrogen-bond donors (Lipinski definition) is 1. The van der Waals surface area contributed by atoms with Crippen LogP contribution in [-0.4, -0.2) is 5.91 Å². The summed E-state index contributed by atoms with van der Waals surface area (Å²) in [6.07, 6.45) is 3.07. The highest BCUT2D eigenvalue weighted by Crippen LogP contribution is 2.38. The number of benzene rings is 1. The molecule has 0 aliphatic heterocycles. The fraction of sp³-hybridized carbons (Fsp3) is 0.200. The number of halogens is 1. The normalized spacial score (nSPS) is 12.8. The zero-order chi connectivity index (χ0) is 14.1. The molecule has 2 aromatic rings. The largest absolute Gasteiger partial charge is 0.312 e. The van der Waals surface area contributed by atoms with E-state index in [0.29, 0.717) is 16.1 Å². The van der Waals surface area contributed by atoms with Gasteiger partial charge in [0.15, 0.2) is 0 Å². The molecule has 100 valence electrons. The van der Waals surface area contributed by atoms with Crippen LogP contribution in [0.1, 0.15) is 32.8 Å². The molecule has 0 saturated heterocycles. The molecule has 0 radical (unpaired) electrons. The maximum Gasteiger partial charge on any atom is 0.256 e. The van der Waals surface area contributed by atoms with E-state index in [1.54, 1.807) is 12.1 Å². The van der Waals surface area contributed by atoms with Crippen molar-refractivity contribution in [2.24, 2.45) is 0 Å². The Balaban J connectivity index is 1.89. The lowest BCUT2D eigenvalue weighted by Crippen LogP contribution is -2.11. The first kappa shape index (κ1) is 13.3. The van der Waals surface area contributed by atoms with Gasteiger partial charge in [0, 0.05) is 14.9 Å². The van der Waals surface area contributed by atoms with Crippen LogP contribution in [-0.2, 0) is 12.8 Å². The molecule has 0 atom stereocenters.